The fraction of sp³-hybridized carbons (Fsp3) is 0.250. The van der Waals surface area contributed by atoms with Crippen molar-refractivity contribution in [1.29, 1.82) is 0 Å². The molecule has 0 bridgehead atoms. The van der Waals surface area contributed by atoms with Crippen molar-refractivity contribution in [2.45, 2.75) is 6.42 Å². The maximum absolute atomic E-state index is 13.2. The average molecular weight is 287 g/mol. The molecule has 0 aliphatic carbocycles. The van der Waals surface area contributed by atoms with Crippen molar-refractivity contribution in [3.05, 3.63) is 65.7 Å². The zero-order valence-corrected chi connectivity index (χ0v) is 11.7. The monoisotopic (exact) mass is 287 g/mol. The third-order valence-electron chi connectivity index (χ3n) is 3.15. The molecule has 21 heavy (non-hydrogen) atoms. The number of carbonyl (C=O) groups excluding carboxylic acids is 1. The lowest BCUT2D eigenvalue weighted by Crippen LogP contribution is -2.37. The normalized spacial score (nSPS) is 10.4. The Kier molecular flexibility index (Phi) is 5.40. The summed E-state index contributed by atoms with van der Waals surface area (Å²) in [7, 11) is 0. The standard InChI is InChI=1S/C16H18FN3O/c17-15-10-14(11-19-12-15)16(21)20(9-7-18)8-6-13-4-2-1-3-5-13/h1-5,10-12H,6-9,18H2. The summed E-state index contributed by atoms with van der Waals surface area (Å²) in [4.78, 5) is 17.7. The Morgan fingerprint density at radius 2 is 1.95 bits per heavy atom. The van der Waals surface area contributed by atoms with Crippen LogP contribution < -0.4 is 5.73 Å². The lowest BCUT2D eigenvalue weighted by atomic mass is 10.1. The van der Waals surface area contributed by atoms with Gasteiger partial charge in [-0.15, -0.1) is 0 Å². The summed E-state index contributed by atoms with van der Waals surface area (Å²) in [6.45, 7) is 1.34. The molecule has 0 fully saturated rings. The van der Waals surface area contributed by atoms with Gasteiger partial charge in [-0.2, -0.15) is 0 Å². The number of pyridine rings is 1. The van der Waals surface area contributed by atoms with Crippen molar-refractivity contribution >= 4 is 5.91 Å². The van der Waals surface area contributed by atoms with Crippen LogP contribution in [0.25, 0.3) is 0 Å². The fourth-order valence-electron chi connectivity index (χ4n) is 2.09. The molecule has 2 rings (SSSR count). The molecule has 4 nitrogen and oxygen atoms in total. The number of benzene rings is 1. The highest BCUT2D eigenvalue weighted by atomic mass is 19.1. The molecule has 1 aromatic carbocycles. The zero-order valence-electron chi connectivity index (χ0n) is 11.7. The van der Waals surface area contributed by atoms with Gasteiger partial charge in [0, 0.05) is 25.8 Å². The van der Waals surface area contributed by atoms with Gasteiger partial charge in [0.15, 0.2) is 0 Å². The summed E-state index contributed by atoms with van der Waals surface area (Å²) in [6, 6.07) is 11.1. The molecule has 1 heterocycles. The summed E-state index contributed by atoms with van der Waals surface area (Å²) >= 11 is 0. The molecule has 0 spiro atoms. The van der Waals surface area contributed by atoms with E-state index < -0.39 is 5.82 Å². The van der Waals surface area contributed by atoms with E-state index in [1.807, 2.05) is 30.3 Å². The maximum Gasteiger partial charge on any atom is 0.255 e. The second kappa shape index (κ2) is 7.50. The number of halogens is 1. The largest absolute Gasteiger partial charge is 0.337 e. The summed E-state index contributed by atoms with van der Waals surface area (Å²) in [5.41, 5.74) is 6.95. The van der Waals surface area contributed by atoms with Crippen LogP contribution in [0, 0.1) is 5.82 Å². The van der Waals surface area contributed by atoms with Crippen LogP contribution in [0.4, 0.5) is 4.39 Å². The number of nitrogens with zero attached hydrogens (tertiary/aromatic N) is 2. The van der Waals surface area contributed by atoms with Crippen molar-refractivity contribution in [1.82, 2.24) is 9.88 Å². The van der Waals surface area contributed by atoms with E-state index in [4.69, 9.17) is 5.73 Å². The van der Waals surface area contributed by atoms with Gasteiger partial charge in [0.05, 0.1) is 11.8 Å². The lowest BCUT2D eigenvalue weighted by molar-refractivity contribution is 0.0761. The van der Waals surface area contributed by atoms with Gasteiger partial charge in [0.25, 0.3) is 5.91 Å². The molecule has 2 aromatic rings. The summed E-state index contributed by atoms with van der Waals surface area (Å²) in [5, 5.41) is 0. The number of carbonyl (C=O) groups is 1. The molecule has 1 amide bonds. The molecule has 0 aliphatic rings. The fourth-order valence-corrected chi connectivity index (χ4v) is 2.09. The minimum Gasteiger partial charge on any atom is -0.337 e. The molecule has 0 aliphatic heterocycles. The molecular formula is C16H18FN3O. The maximum atomic E-state index is 13.2. The number of nitrogens with two attached hydrogens (primary N) is 1. The Morgan fingerprint density at radius 1 is 1.19 bits per heavy atom. The lowest BCUT2D eigenvalue weighted by Gasteiger charge is -2.22. The van der Waals surface area contributed by atoms with Gasteiger partial charge in [-0.1, -0.05) is 30.3 Å². The van der Waals surface area contributed by atoms with E-state index in [0.29, 0.717) is 19.6 Å². The predicted octanol–water partition coefficient (Wildman–Crippen LogP) is 1.86. The van der Waals surface area contributed by atoms with Gasteiger partial charge in [-0.05, 0) is 18.1 Å². The van der Waals surface area contributed by atoms with Crippen molar-refractivity contribution in [3.63, 3.8) is 0 Å². The smallest absolute Gasteiger partial charge is 0.255 e. The number of rotatable bonds is 6. The van der Waals surface area contributed by atoms with Crippen LogP contribution in [0.2, 0.25) is 0 Å². The summed E-state index contributed by atoms with van der Waals surface area (Å²) in [5.74, 6) is -0.764. The highest BCUT2D eigenvalue weighted by Gasteiger charge is 2.15. The first-order valence-corrected chi connectivity index (χ1v) is 6.84. The van der Waals surface area contributed by atoms with Crippen LogP contribution in [0.5, 0.6) is 0 Å². The molecule has 0 radical (unpaired) electrons. The van der Waals surface area contributed by atoms with Crippen LogP contribution in [0.15, 0.2) is 48.8 Å². The van der Waals surface area contributed by atoms with Gasteiger partial charge in [0.1, 0.15) is 5.82 Å². The van der Waals surface area contributed by atoms with Crippen LogP contribution in [-0.4, -0.2) is 35.4 Å². The molecule has 5 heteroatoms. The number of hydrogen-bond donors (Lipinski definition) is 1. The van der Waals surface area contributed by atoms with Crippen LogP contribution in [0.1, 0.15) is 15.9 Å². The van der Waals surface area contributed by atoms with E-state index in [9.17, 15) is 9.18 Å². The van der Waals surface area contributed by atoms with Gasteiger partial charge in [0.2, 0.25) is 0 Å². The number of hydrogen-bond acceptors (Lipinski definition) is 3. The average Bonchev–Trinajstić information content (AvgIpc) is 2.52. The second-order valence-corrected chi connectivity index (χ2v) is 4.71. The van der Waals surface area contributed by atoms with Crippen LogP contribution in [0.3, 0.4) is 0 Å². The Bertz CT molecular complexity index is 589. The first-order chi connectivity index (χ1) is 10.2. The van der Waals surface area contributed by atoms with Crippen LogP contribution >= 0.6 is 0 Å². The molecule has 0 saturated carbocycles. The van der Waals surface area contributed by atoms with Gasteiger partial charge in [-0.25, -0.2) is 4.39 Å². The molecule has 0 unspecified atom stereocenters. The van der Waals surface area contributed by atoms with Gasteiger partial charge in [-0.3, -0.25) is 9.78 Å². The Balaban J connectivity index is 2.06. The minimum absolute atomic E-state index is 0.247. The topological polar surface area (TPSA) is 59.2 Å². The van der Waals surface area contributed by atoms with Crippen LogP contribution in [-0.2, 0) is 6.42 Å². The van der Waals surface area contributed by atoms with Crippen molar-refractivity contribution in [2.75, 3.05) is 19.6 Å². The van der Waals surface area contributed by atoms with E-state index in [0.717, 1.165) is 18.2 Å². The molecule has 110 valence electrons. The Labute approximate surface area is 123 Å². The zero-order chi connectivity index (χ0) is 15.1. The highest BCUT2D eigenvalue weighted by Crippen LogP contribution is 2.08. The first-order valence-electron chi connectivity index (χ1n) is 6.84. The van der Waals surface area contributed by atoms with Crippen molar-refractivity contribution in [3.8, 4) is 0 Å². The Hall–Kier alpha value is -2.27. The molecule has 0 saturated heterocycles. The summed E-state index contributed by atoms with van der Waals surface area (Å²) < 4.78 is 13.2. The molecule has 0 atom stereocenters. The Morgan fingerprint density at radius 3 is 2.62 bits per heavy atom. The third kappa shape index (κ3) is 4.36. The molecule has 2 N–H and O–H groups in total. The molecule has 1 aromatic heterocycles. The van der Waals surface area contributed by atoms with Crippen molar-refractivity contribution in [2.24, 2.45) is 5.73 Å². The van der Waals surface area contributed by atoms with Gasteiger partial charge < -0.3 is 10.6 Å². The van der Waals surface area contributed by atoms with Crippen molar-refractivity contribution < 1.29 is 9.18 Å². The predicted molar refractivity (Wildman–Crippen MR) is 79.3 cm³/mol. The van der Waals surface area contributed by atoms with E-state index >= 15 is 0 Å². The van der Waals surface area contributed by atoms with E-state index in [1.165, 1.54) is 12.3 Å². The minimum atomic E-state index is -0.517. The number of aromatic nitrogens is 1. The SMILES string of the molecule is NCCN(CCc1ccccc1)C(=O)c1cncc(F)c1. The van der Waals surface area contributed by atoms with E-state index in [1.54, 1.807) is 4.90 Å². The third-order valence-corrected chi connectivity index (χ3v) is 3.15. The first kappa shape index (κ1) is 15.1. The molecular weight excluding hydrogens is 269 g/mol. The van der Waals surface area contributed by atoms with Gasteiger partial charge >= 0.3 is 0 Å². The van der Waals surface area contributed by atoms with E-state index in [-0.39, 0.29) is 11.5 Å². The number of amides is 1. The quantitative estimate of drug-likeness (QED) is 0.882. The summed E-state index contributed by atoms with van der Waals surface area (Å²) in [6.07, 6.45) is 3.18. The van der Waals surface area contributed by atoms with E-state index in [2.05, 4.69) is 4.98 Å². The highest BCUT2D eigenvalue weighted by molar-refractivity contribution is 5.93. The second-order valence-electron chi connectivity index (χ2n) is 4.71.